The predicted octanol–water partition coefficient (Wildman–Crippen LogP) is 3.49. The molecular formula is C14H18N2OS. The van der Waals surface area contributed by atoms with Gasteiger partial charge in [0.25, 0.3) is 0 Å². The van der Waals surface area contributed by atoms with Gasteiger partial charge in [0.2, 0.25) is 0 Å². The maximum atomic E-state index is 5.43. The van der Waals surface area contributed by atoms with Gasteiger partial charge in [-0.15, -0.1) is 11.3 Å². The van der Waals surface area contributed by atoms with E-state index in [1.165, 1.54) is 0 Å². The summed E-state index contributed by atoms with van der Waals surface area (Å²) in [7, 11) is 1.95. The van der Waals surface area contributed by atoms with Crippen LogP contribution in [0.4, 0.5) is 0 Å². The van der Waals surface area contributed by atoms with Crippen molar-refractivity contribution in [3.05, 3.63) is 35.3 Å². The number of nitrogens with zero attached hydrogens (tertiary/aromatic N) is 1. The molecular weight excluding hydrogens is 244 g/mol. The van der Waals surface area contributed by atoms with Gasteiger partial charge in [-0.3, -0.25) is 0 Å². The Balaban J connectivity index is 2.18. The third-order valence-corrected chi connectivity index (χ3v) is 3.72. The number of rotatable bonds is 5. The van der Waals surface area contributed by atoms with Crippen LogP contribution in [-0.4, -0.2) is 18.6 Å². The SMILES string of the molecule is CCOc1ccc(-c2nc(C(C)NC)cs2)cc1. The van der Waals surface area contributed by atoms with Crippen molar-refractivity contribution in [2.45, 2.75) is 19.9 Å². The van der Waals surface area contributed by atoms with E-state index in [1.54, 1.807) is 11.3 Å². The predicted molar refractivity (Wildman–Crippen MR) is 76.2 cm³/mol. The molecule has 0 saturated heterocycles. The first-order valence-corrected chi connectivity index (χ1v) is 6.98. The molecule has 1 aromatic carbocycles. The van der Waals surface area contributed by atoms with E-state index in [2.05, 4.69) is 34.7 Å². The third-order valence-electron chi connectivity index (χ3n) is 2.81. The summed E-state index contributed by atoms with van der Waals surface area (Å²) in [6.45, 7) is 4.79. The van der Waals surface area contributed by atoms with Crippen molar-refractivity contribution in [3.63, 3.8) is 0 Å². The average Bonchev–Trinajstić information content (AvgIpc) is 2.89. The molecule has 0 spiro atoms. The molecule has 0 bridgehead atoms. The molecule has 0 fully saturated rings. The van der Waals surface area contributed by atoms with Crippen LogP contribution in [0.25, 0.3) is 10.6 Å². The minimum atomic E-state index is 0.290. The molecule has 0 amide bonds. The lowest BCUT2D eigenvalue weighted by molar-refractivity contribution is 0.340. The Morgan fingerprint density at radius 2 is 2.06 bits per heavy atom. The number of aromatic nitrogens is 1. The standard InChI is InChI=1S/C14H18N2OS/c1-4-17-12-7-5-11(6-8-12)14-16-13(9-18-14)10(2)15-3/h5-10,15H,4H2,1-3H3. The molecule has 0 aliphatic carbocycles. The summed E-state index contributed by atoms with van der Waals surface area (Å²) in [5.41, 5.74) is 2.23. The van der Waals surface area contributed by atoms with E-state index in [0.29, 0.717) is 6.61 Å². The second-order valence-electron chi connectivity index (χ2n) is 4.05. The topological polar surface area (TPSA) is 34.1 Å². The lowest BCUT2D eigenvalue weighted by Crippen LogP contribution is -2.12. The fourth-order valence-electron chi connectivity index (χ4n) is 1.63. The Morgan fingerprint density at radius 1 is 1.33 bits per heavy atom. The molecule has 1 N–H and O–H groups in total. The number of thiazole rings is 1. The average molecular weight is 262 g/mol. The van der Waals surface area contributed by atoms with Crippen molar-refractivity contribution in [3.8, 4) is 16.3 Å². The lowest BCUT2D eigenvalue weighted by Gasteiger charge is -2.05. The molecule has 0 saturated carbocycles. The Hall–Kier alpha value is -1.39. The summed E-state index contributed by atoms with van der Waals surface area (Å²) in [6.07, 6.45) is 0. The Morgan fingerprint density at radius 3 is 2.67 bits per heavy atom. The molecule has 1 unspecified atom stereocenters. The molecule has 4 heteroatoms. The fraction of sp³-hybridized carbons (Fsp3) is 0.357. The highest BCUT2D eigenvalue weighted by Crippen LogP contribution is 2.27. The van der Waals surface area contributed by atoms with Crippen LogP contribution < -0.4 is 10.1 Å². The summed E-state index contributed by atoms with van der Waals surface area (Å²) < 4.78 is 5.43. The van der Waals surface area contributed by atoms with Crippen molar-refractivity contribution >= 4 is 11.3 Å². The highest BCUT2D eigenvalue weighted by atomic mass is 32.1. The van der Waals surface area contributed by atoms with Gasteiger partial charge in [-0.1, -0.05) is 0 Å². The highest BCUT2D eigenvalue weighted by molar-refractivity contribution is 7.13. The van der Waals surface area contributed by atoms with E-state index in [1.807, 2.05) is 26.1 Å². The van der Waals surface area contributed by atoms with Crippen LogP contribution in [0.5, 0.6) is 5.75 Å². The van der Waals surface area contributed by atoms with E-state index in [-0.39, 0.29) is 6.04 Å². The molecule has 0 radical (unpaired) electrons. The quantitative estimate of drug-likeness (QED) is 0.895. The molecule has 96 valence electrons. The van der Waals surface area contributed by atoms with Gasteiger partial charge in [-0.2, -0.15) is 0 Å². The largest absolute Gasteiger partial charge is 0.494 e. The van der Waals surface area contributed by atoms with Crippen LogP contribution in [0.2, 0.25) is 0 Å². The van der Waals surface area contributed by atoms with Crippen molar-refractivity contribution in [1.82, 2.24) is 10.3 Å². The molecule has 3 nitrogen and oxygen atoms in total. The molecule has 2 aromatic rings. The number of benzene rings is 1. The zero-order valence-corrected chi connectivity index (χ0v) is 11.8. The zero-order valence-electron chi connectivity index (χ0n) is 10.9. The second-order valence-corrected chi connectivity index (χ2v) is 4.90. The minimum Gasteiger partial charge on any atom is -0.494 e. The molecule has 1 heterocycles. The summed E-state index contributed by atoms with van der Waals surface area (Å²) in [5.74, 6) is 0.904. The smallest absolute Gasteiger partial charge is 0.123 e. The Labute approximate surface area is 112 Å². The van der Waals surface area contributed by atoms with Crippen LogP contribution in [0.3, 0.4) is 0 Å². The Bertz CT molecular complexity index is 493. The first-order chi connectivity index (χ1) is 8.74. The maximum absolute atomic E-state index is 5.43. The zero-order chi connectivity index (χ0) is 13.0. The normalized spacial score (nSPS) is 12.4. The second kappa shape index (κ2) is 5.98. The van der Waals surface area contributed by atoms with Crippen LogP contribution in [0.1, 0.15) is 25.6 Å². The number of hydrogen-bond donors (Lipinski definition) is 1. The van der Waals surface area contributed by atoms with Crippen molar-refractivity contribution in [1.29, 1.82) is 0 Å². The first-order valence-electron chi connectivity index (χ1n) is 6.10. The third kappa shape index (κ3) is 2.89. The monoisotopic (exact) mass is 262 g/mol. The number of hydrogen-bond acceptors (Lipinski definition) is 4. The van der Waals surface area contributed by atoms with Crippen molar-refractivity contribution < 1.29 is 4.74 Å². The van der Waals surface area contributed by atoms with Gasteiger partial charge in [0, 0.05) is 17.0 Å². The van der Waals surface area contributed by atoms with Gasteiger partial charge in [0.15, 0.2) is 0 Å². The van der Waals surface area contributed by atoms with Crippen LogP contribution in [0, 0.1) is 0 Å². The van der Waals surface area contributed by atoms with Gasteiger partial charge in [-0.25, -0.2) is 4.98 Å². The van der Waals surface area contributed by atoms with Crippen molar-refractivity contribution in [2.75, 3.05) is 13.7 Å². The van der Waals surface area contributed by atoms with E-state index >= 15 is 0 Å². The summed E-state index contributed by atoms with van der Waals surface area (Å²) in [4.78, 5) is 4.64. The summed E-state index contributed by atoms with van der Waals surface area (Å²) >= 11 is 1.67. The van der Waals surface area contributed by atoms with Gasteiger partial charge >= 0.3 is 0 Å². The maximum Gasteiger partial charge on any atom is 0.123 e. The van der Waals surface area contributed by atoms with E-state index in [9.17, 15) is 0 Å². The molecule has 0 aliphatic rings. The summed E-state index contributed by atoms with van der Waals surface area (Å²) in [5, 5.41) is 6.35. The molecule has 18 heavy (non-hydrogen) atoms. The molecule has 2 rings (SSSR count). The van der Waals surface area contributed by atoms with Crippen LogP contribution in [-0.2, 0) is 0 Å². The molecule has 1 aromatic heterocycles. The van der Waals surface area contributed by atoms with E-state index in [4.69, 9.17) is 4.74 Å². The van der Waals surface area contributed by atoms with Gasteiger partial charge in [-0.05, 0) is 45.2 Å². The van der Waals surface area contributed by atoms with E-state index in [0.717, 1.165) is 22.0 Å². The minimum absolute atomic E-state index is 0.290. The van der Waals surface area contributed by atoms with E-state index < -0.39 is 0 Å². The van der Waals surface area contributed by atoms with Gasteiger partial charge < -0.3 is 10.1 Å². The van der Waals surface area contributed by atoms with Gasteiger partial charge in [0.1, 0.15) is 10.8 Å². The van der Waals surface area contributed by atoms with Crippen molar-refractivity contribution in [2.24, 2.45) is 0 Å². The first kappa shape index (κ1) is 13.1. The molecule has 1 atom stereocenters. The lowest BCUT2D eigenvalue weighted by atomic mass is 10.2. The van der Waals surface area contributed by atoms with Gasteiger partial charge in [0.05, 0.1) is 12.3 Å². The van der Waals surface area contributed by atoms with Crippen LogP contribution >= 0.6 is 11.3 Å². The number of ether oxygens (including phenoxy) is 1. The summed E-state index contributed by atoms with van der Waals surface area (Å²) in [6, 6.07) is 8.37. The Kier molecular flexibility index (Phi) is 4.33. The van der Waals surface area contributed by atoms with Crippen LogP contribution in [0.15, 0.2) is 29.6 Å². The highest BCUT2D eigenvalue weighted by Gasteiger charge is 2.09. The molecule has 0 aliphatic heterocycles. The fourth-order valence-corrected chi connectivity index (χ4v) is 2.55. The number of nitrogens with one attached hydrogen (secondary N) is 1.